The van der Waals surface area contributed by atoms with Crippen molar-refractivity contribution >= 4 is 29.1 Å². The second kappa shape index (κ2) is 10.5. The first-order valence-electron chi connectivity index (χ1n) is 10.4. The first-order chi connectivity index (χ1) is 16.0. The number of aromatic nitrogens is 2. The summed E-state index contributed by atoms with van der Waals surface area (Å²) in [6.45, 7) is 0.350. The van der Waals surface area contributed by atoms with Crippen LogP contribution in [0.3, 0.4) is 0 Å². The van der Waals surface area contributed by atoms with E-state index in [-0.39, 0.29) is 18.5 Å². The Labute approximate surface area is 195 Å². The Morgan fingerprint density at radius 1 is 1.27 bits per heavy atom. The number of carbonyl (C=O) groups excluding carboxylic acids is 1. The molecule has 172 valence electrons. The van der Waals surface area contributed by atoms with Gasteiger partial charge in [0.2, 0.25) is 5.88 Å². The van der Waals surface area contributed by atoms with Crippen LogP contribution in [-0.2, 0) is 0 Å². The maximum atomic E-state index is 13.2. The molecule has 1 aromatic carbocycles. The van der Waals surface area contributed by atoms with Gasteiger partial charge < -0.3 is 25.0 Å². The molecule has 2 aromatic heterocycles. The summed E-state index contributed by atoms with van der Waals surface area (Å²) >= 11 is 6.13. The quantitative estimate of drug-likeness (QED) is 0.505. The third-order valence-electron chi connectivity index (χ3n) is 4.86. The molecule has 1 aliphatic rings. The van der Waals surface area contributed by atoms with Crippen molar-refractivity contribution in [3.63, 3.8) is 0 Å². The number of ether oxygens (including phenoxy) is 2. The summed E-state index contributed by atoms with van der Waals surface area (Å²) in [6, 6.07) is 13.7. The summed E-state index contributed by atoms with van der Waals surface area (Å²) in [4.78, 5) is 23.5. The number of halogens is 1. The van der Waals surface area contributed by atoms with Crippen LogP contribution in [0.1, 0.15) is 6.42 Å². The highest BCUT2D eigenvalue weighted by Gasteiger charge is 2.25. The summed E-state index contributed by atoms with van der Waals surface area (Å²) in [5, 5.41) is 21.8. The smallest absolute Gasteiger partial charge is 0.327 e. The van der Waals surface area contributed by atoms with Gasteiger partial charge in [-0.25, -0.2) is 14.8 Å². The predicted octanol–water partition coefficient (Wildman–Crippen LogP) is 3.35. The van der Waals surface area contributed by atoms with Gasteiger partial charge in [0, 0.05) is 35.1 Å². The van der Waals surface area contributed by atoms with Crippen LogP contribution < -0.4 is 19.7 Å². The molecule has 10 heteroatoms. The van der Waals surface area contributed by atoms with Gasteiger partial charge in [-0.15, -0.1) is 0 Å². The van der Waals surface area contributed by atoms with E-state index < -0.39 is 12.7 Å². The van der Waals surface area contributed by atoms with Crippen molar-refractivity contribution in [2.24, 2.45) is 0 Å². The molecule has 1 aliphatic heterocycles. The van der Waals surface area contributed by atoms with Gasteiger partial charge in [0.1, 0.15) is 12.7 Å². The van der Waals surface area contributed by atoms with Gasteiger partial charge in [0.05, 0.1) is 18.9 Å². The number of pyridine rings is 2. The molecule has 0 saturated heterocycles. The van der Waals surface area contributed by atoms with E-state index in [0.717, 1.165) is 5.56 Å². The van der Waals surface area contributed by atoms with Crippen LogP contribution in [0.4, 0.5) is 16.3 Å². The van der Waals surface area contributed by atoms with Gasteiger partial charge in [-0.2, -0.15) is 0 Å². The normalized spacial score (nSPS) is 14.0. The molecule has 0 saturated carbocycles. The van der Waals surface area contributed by atoms with Gasteiger partial charge in [-0.05, 0) is 36.8 Å². The molecule has 0 fully saturated rings. The summed E-state index contributed by atoms with van der Waals surface area (Å²) < 4.78 is 11.1. The van der Waals surface area contributed by atoms with Crippen LogP contribution in [0, 0.1) is 0 Å². The monoisotopic (exact) mass is 470 g/mol. The molecule has 3 heterocycles. The lowest BCUT2D eigenvalue weighted by atomic mass is 10.1. The lowest BCUT2D eigenvalue weighted by Crippen LogP contribution is -2.36. The summed E-state index contributed by atoms with van der Waals surface area (Å²) in [7, 11) is 0. The van der Waals surface area contributed by atoms with Gasteiger partial charge in [0.25, 0.3) is 0 Å². The van der Waals surface area contributed by atoms with Crippen molar-refractivity contribution in [3.05, 3.63) is 59.8 Å². The molecule has 3 N–H and O–H groups in total. The zero-order valence-electron chi connectivity index (χ0n) is 17.6. The lowest BCUT2D eigenvalue weighted by Gasteiger charge is -2.22. The molecule has 0 bridgehead atoms. The second-order valence-electron chi connectivity index (χ2n) is 7.34. The Morgan fingerprint density at radius 2 is 2.15 bits per heavy atom. The number of aliphatic hydroxyl groups is 2. The average Bonchev–Trinajstić information content (AvgIpc) is 3.05. The van der Waals surface area contributed by atoms with E-state index >= 15 is 0 Å². The fourth-order valence-corrected chi connectivity index (χ4v) is 3.44. The molecule has 0 radical (unpaired) electrons. The average molecular weight is 471 g/mol. The Kier molecular flexibility index (Phi) is 7.23. The molecule has 0 spiro atoms. The minimum Gasteiger partial charge on any atom is -0.490 e. The van der Waals surface area contributed by atoms with Crippen LogP contribution in [-0.4, -0.2) is 58.7 Å². The molecule has 4 rings (SSSR count). The van der Waals surface area contributed by atoms with Crippen molar-refractivity contribution in [2.45, 2.75) is 12.5 Å². The lowest BCUT2D eigenvalue weighted by molar-refractivity contribution is 0.0521. The van der Waals surface area contributed by atoms with Crippen LogP contribution >= 0.6 is 11.6 Å². The number of amides is 2. The highest BCUT2D eigenvalue weighted by atomic mass is 35.5. The fraction of sp³-hybridized carbons (Fsp3) is 0.261. The third-order valence-corrected chi connectivity index (χ3v) is 5.10. The van der Waals surface area contributed by atoms with Gasteiger partial charge in [-0.3, -0.25) is 4.90 Å². The van der Waals surface area contributed by atoms with Crippen molar-refractivity contribution in [3.8, 4) is 22.9 Å². The number of anilines is 2. The van der Waals surface area contributed by atoms with Crippen LogP contribution in [0.2, 0.25) is 5.02 Å². The molecule has 1 atom stereocenters. The van der Waals surface area contributed by atoms with E-state index in [1.165, 1.54) is 17.2 Å². The maximum absolute atomic E-state index is 13.2. The van der Waals surface area contributed by atoms with E-state index in [1.54, 1.807) is 18.2 Å². The maximum Gasteiger partial charge on any atom is 0.327 e. The zero-order valence-corrected chi connectivity index (χ0v) is 18.4. The van der Waals surface area contributed by atoms with Gasteiger partial charge >= 0.3 is 6.03 Å². The molecule has 9 nitrogen and oxygen atoms in total. The highest BCUT2D eigenvalue weighted by Crippen LogP contribution is 2.33. The minimum atomic E-state index is -1.02. The Bertz CT molecular complexity index is 1130. The molecule has 33 heavy (non-hydrogen) atoms. The number of urea groups is 1. The largest absolute Gasteiger partial charge is 0.490 e. The van der Waals surface area contributed by atoms with Crippen molar-refractivity contribution in [1.29, 1.82) is 0 Å². The van der Waals surface area contributed by atoms with E-state index in [1.807, 2.05) is 24.3 Å². The van der Waals surface area contributed by atoms with Gasteiger partial charge in [0.15, 0.2) is 11.6 Å². The van der Waals surface area contributed by atoms with Crippen molar-refractivity contribution < 1.29 is 24.5 Å². The standard InChI is InChI=1S/C23H23ClN4O5/c24-16-4-1-3-15(11-16)19-5-6-20-22(27-19)28(9-2-10-32-20)23(31)26-17-7-8-25-21(12-17)33-14-18(30)13-29/h1,3-8,11-12,18,29-30H,2,9-10,13-14H2,(H,25,26,31)/t18-/m1/s1. The molecular weight excluding hydrogens is 448 g/mol. The molecule has 0 aliphatic carbocycles. The van der Waals surface area contributed by atoms with Crippen LogP contribution in [0.15, 0.2) is 54.7 Å². The van der Waals surface area contributed by atoms with Crippen molar-refractivity contribution in [2.75, 3.05) is 36.6 Å². The molecule has 2 amide bonds. The Hall–Kier alpha value is -3.40. The van der Waals surface area contributed by atoms with E-state index in [9.17, 15) is 9.90 Å². The number of nitrogens with zero attached hydrogens (tertiary/aromatic N) is 3. The molecule has 3 aromatic rings. The Balaban J connectivity index is 1.56. The molecular formula is C23H23ClN4O5. The SMILES string of the molecule is O=C(Nc1ccnc(OC[C@H](O)CO)c1)N1CCCOc2ccc(-c3cccc(Cl)c3)nc21. The van der Waals surface area contributed by atoms with Crippen LogP contribution in [0.25, 0.3) is 11.3 Å². The van der Waals surface area contributed by atoms with E-state index in [4.69, 9.17) is 31.2 Å². The van der Waals surface area contributed by atoms with E-state index in [2.05, 4.69) is 10.3 Å². The molecule has 0 unspecified atom stereocenters. The fourth-order valence-electron chi connectivity index (χ4n) is 3.25. The number of hydrogen-bond acceptors (Lipinski definition) is 7. The first-order valence-corrected chi connectivity index (χ1v) is 10.8. The summed E-state index contributed by atoms with van der Waals surface area (Å²) in [6.07, 6.45) is 1.10. The zero-order chi connectivity index (χ0) is 23.2. The number of aliphatic hydroxyl groups excluding tert-OH is 2. The van der Waals surface area contributed by atoms with Crippen LogP contribution in [0.5, 0.6) is 11.6 Å². The second-order valence-corrected chi connectivity index (χ2v) is 7.78. The minimum absolute atomic E-state index is 0.117. The first kappa shape index (κ1) is 22.8. The highest BCUT2D eigenvalue weighted by molar-refractivity contribution is 6.30. The topological polar surface area (TPSA) is 117 Å². The van der Waals surface area contributed by atoms with Crippen molar-refractivity contribution in [1.82, 2.24) is 9.97 Å². The number of hydrogen-bond donors (Lipinski definition) is 3. The number of rotatable bonds is 6. The number of fused-ring (bicyclic) bond motifs is 1. The van der Waals surface area contributed by atoms with E-state index in [0.29, 0.717) is 47.5 Å². The third kappa shape index (κ3) is 5.70. The summed E-state index contributed by atoms with van der Waals surface area (Å²) in [5.41, 5.74) is 1.96. The number of carbonyl (C=O) groups is 1. The summed E-state index contributed by atoms with van der Waals surface area (Å²) in [5.74, 6) is 1.14. The van der Waals surface area contributed by atoms with Gasteiger partial charge in [-0.1, -0.05) is 23.7 Å². The Morgan fingerprint density at radius 3 is 2.97 bits per heavy atom. The predicted molar refractivity (Wildman–Crippen MR) is 124 cm³/mol. The number of benzene rings is 1. The number of nitrogens with one attached hydrogen (secondary N) is 1.